The van der Waals surface area contributed by atoms with Crippen LogP contribution < -0.4 is 5.32 Å². The third kappa shape index (κ3) is 6.91. The van der Waals surface area contributed by atoms with Gasteiger partial charge in [0.05, 0.1) is 13.2 Å². The van der Waals surface area contributed by atoms with Crippen LogP contribution >= 0.6 is 0 Å². The molecular formula is C15H29N3O3. The van der Waals surface area contributed by atoms with E-state index in [1.807, 2.05) is 14.1 Å². The Morgan fingerprint density at radius 1 is 1.33 bits per heavy atom. The van der Waals surface area contributed by atoms with Gasteiger partial charge in [-0.25, -0.2) is 0 Å². The van der Waals surface area contributed by atoms with Crippen molar-refractivity contribution in [2.45, 2.75) is 32.7 Å². The fraction of sp³-hybridized carbons (Fsp3) is 0.867. The molecule has 1 aliphatic heterocycles. The molecule has 0 bridgehead atoms. The van der Waals surface area contributed by atoms with Gasteiger partial charge in [-0.05, 0) is 26.4 Å². The minimum absolute atomic E-state index is 0.0192. The van der Waals surface area contributed by atoms with E-state index in [9.17, 15) is 9.59 Å². The average Bonchev–Trinajstić information content (AvgIpc) is 2.50. The van der Waals surface area contributed by atoms with Crippen LogP contribution in [0.2, 0.25) is 0 Å². The van der Waals surface area contributed by atoms with Crippen molar-refractivity contribution in [1.29, 1.82) is 0 Å². The highest BCUT2D eigenvalue weighted by Crippen LogP contribution is 2.11. The molecule has 1 fully saturated rings. The average molecular weight is 299 g/mol. The second-order valence-electron chi connectivity index (χ2n) is 6.24. The third-order valence-electron chi connectivity index (χ3n) is 3.45. The molecule has 21 heavy (non-hydrogen) atoms. The molecule has 1 unspecified atom stereocenters. The maximum atomic E-state index is 12.4. The summed E-state index contributed by atoms with van der Waals surface area (Å²) < 4.78 is 5.54. The quantitative estimate of drug-likeness (QED) is 0.656. The van der Waals surface area contributed by atoms with Crippen LogP contribution in [-0.4, -0.2) is 74.6 Å². The van der Waals surface area contributed by atoms with Gasteiger partial charge < -0.3 is 19.9 Å². The summed E-state index contributed by atoms with van der Waals surface area (Å²) in [6, 6.07) is -0.387. The van der Waals surface area contributed by atoms with E-state index in [4.69, 9.17) is 4.74 Å². The molecule has 1 atom stereocenters. The molecule has 0 saturated carbocycles. The normalized spacial score (nSPS) is 20.1. The van der Waals surface area contributed by atoms with E-state index < -0.39 is 0 Å². The van der Waals surface area contributed by atoms with Crippen LogP contribution in [0.15, 0.2) is 0 Å². The largest absolute Gasteiger partial charge is 0.378 e. The van der Waals surface area contributed by atoms with Gasteiger partial charge in [0.1, 0.15) is 6.04 Å². The van der Waals surface area contributed by atoms with Crippen molar-refractivity contribution in [3.63, 3.8) is 0 Å². The van der Waals surface area contributed by atoms with E-state index in [-0.39, 0.29) is 17.9 Å². The number of carbonyl (C=O) groups excluding carboxylic acids is 2. The fourth-order valence-corrected chi connectivity index (χ4v) is 2.27. The summed E-state index contributed by atoms with van der Waals surface area (Å²) in [5.74, 6) is 0.353. The molecule has 0 radical (unpaired) electrons. The second-order valence-corrected chi connectivity index (χ2v) is 6.24. The van der Waals surface area contributed by atoms with Crippen LogP contribution in [0, 0.1) is 5.92 Å². The molecule has 1 N–H and O–H groups in total. The van der Waals surface area contributed by atoms with Crippen LogP contribution in [0.25, 0.3) is 0 Å². The highest BCUT2D eigenvalue weighted by Gasteiger charge is 2.29. The number of hydrogen-bond donors (Lipinski definition) is 1. The molecule has 0 aromatic heterocycles. The van der Waals surface area contributed by atoms with Gasteiger partial charge in [0.15, 0.2) is 0 Å². The van der Waals surface area contributed by atoms with E-state index in [0.29, 0.717) is 45.1 Å². The number of likely N-dealkylation sites (N-methyl/N-ethyl adjacent to an activating group) is 1. The summed E-state index contributed by atoms with van der Waals surface area (Å²) in [5.41, 5.74) is 0. The van der Waals surface area contributed by atoms with Crippen LogP contribution in [0.5, 0.6) is 0 Å². The molecule has 1 heterocycles. The topological polar surface area (TPSA) is 61.9 Å². The summed E-state index contributed by atoms with van der Waals surface area (Å²) in [7, 11) is 3.99. The Hall–Kier alpha value is -1.14. The Balaban J connectivity index is 2.44. The van der Waals surface area contributed by atoms with Gasteiger partial charge in [-0.15, -0.1) is 0 Å². The van der Waals surface area contributed by atoms with Crippen LogP contribution in [0.1, 0.15) is 26.7 Å². The first-order valence-corrected chi connectivity index (χ1v) is 7.70. The first kappa shape index (κ1) is 17.9. The Morgan fingerprint density at radius 3 is 2.67 bits per heavy atom. The van der Waals surface area contributed by atoms with Crippen LogP contribution in [0.4, 0.5) is 0 Å². The second kappa shape index (κ2) is 9.00. The Kier molecular flexibility index (Phi) is 7.67. The number of carbonyl (C=O) groups is 2. The Bertz CT molecular complexity index is 345. The highest BCUT2D eigenvalue weighted by atomic mass is 16.5. The van der Waals surface area contributed by atoms with Gasteiger partial charge in [0, 0.05) is 26.1 Å². The molecule has 0 aliphatic carbocycles. The van der Waals surface area contributed by atoms with Gasteiger partial charge in [-0.2, -0.15) is 0 Å². The number of nitrogens with zero attached hydrogens (tertiary/aromatic N) is 2. The maximum absolute atomic E-state index is 12.4. The summed E-state index contributed by atoms with van der Waals surface area (Å²) in [4.78, 5) is 27.9. The summed E-state index contributed by atoms with van der Waals surface area (Å²) in [6.07, 6.45) is 1.06. The van der Waals surface area contributed by atoms with Crippen LogP contribution in [0.3, 0.4) is 0 Å². The van der Waals surface area contributed by atoms with Crippen LogP contribution in [-0.2, 0) is 14.3 Å². The maximum Gasteiger partial charge on any atom is 0.245 e. The zero-order valence-corrected chi connectivity index (χ0v) is 13.7. The van der Waals surface area contributed by atoms with Crippen molar-refractivity contribution in [2.24, 2.45) is 5.92 Å². The standard InChI is InChI=1S/C15H29N3O3/c1-12(2)11-13-15(20)18(6-5-14(19)16-13)8-10-21-9-7-17(3)4/h12-13H,5-11H2,1-4H3,(H,16,19). The zero-order valence-electron chi connectivity index (χ0n) is 13.7. The monoisotopic (exact) mass is 299 g/mol. The smallest absolute Gasteiger partial charge is 0.245 e. The number of hydrogen-bond acceptors (Lipinski definition) is 4. The number of amides is 2. The Morgan fingerprint density at radius 2 is 2.05 bits per heavy atom. The van der Waals surface area contributed by atoms with Crippen molar-refractivity contribution in [1.82, 2.24) is 15.1 Å². The van der Waals surface area contributed by atoms with E-state index in [1.165, 1.54) is 0 Å². The van der Waals surface area contributed by atoms with E-state index in [0.717, 1.165) is 6.54 Å². The molecule has 1 rings (SSSR count). The highest BCUT2D eigenvalue weighted by molar-refractivity contribution is 5.89. The summed E-state index contributed by atoms with van der Waals surface area (Å²) >= 11 is 0. The first-order valence-electron chi connectivity index (χ1n) is 7.70. The van der Waals surface area contributed by atoms with E-state index in [1.54, 1.807) is 4.90 Å². The molecule has 2 amide bonds. The summed E-state index contributed by atoms with van der Waals surface area (Å²) in [6.45, 7) is 7.18. The molecule has 1 aliphatic rings. The minimum Gasteiger partial charge on any atom is -0.378 e. The van der Waals surface area contributed by atoms with Crippen molar-refractivity contribution in [3.05, 3.63) is 0 Å². The summed E-state index contributed by atoms with van der Waals surface area (Å²) in [5, 5.41) is 2.83. The first-order chi connectivity index (χ1) is 9.90. The van der Waals surface area contributed by atoms with E-state index in [2.05, 4.69) is 24.1 Å². The lowest BCUT2D eigenvalue weighted by Crippen LogP contribution is -2.46. The van der Waals surface area contributed by atoms with Gasteiger partial charge in [-0.1, -0.05) is 13.8 Å². The lowest BCUT2D eigenvalue weighted by atomic mass is 10.0. The Labute approximate surface area is 127 Å². The van der Waals surface area contributed by atoms with Crippen molar-refractivity contribution < 1.29 is 14.3 Å². The molecule has 1 saturated heterocycles. The van der Waals surface area contributed by atoms with Gasteiger partial charge in [0.25, 0.3) is 0 Å². The molecule has 0 spiro atoms. The molecule has 6 nitrogen and oxygen atoms in total. The molecule has 122 valence electrons. The SMILES string of the molecule is CC(C)CC1NC(=O)CCN(CCOCCN(C)C)C1=O. The zero-order chi connectivity index (χ0) is 15.8. The predicted octanol–water partition coefficient (Wildman–Crippen LogP) is 0.328. The van der Waals surface area contributed by atoms with E-state index >= 15 is 0 Å². The van der Waals surface area contributed by atoms with Crippen molar-refractivity contribution in [2.75, 3.05) is 46.9 Å². The third-order valence-corrected chi connectivity index (χ3v) is 3.45. The lowest BCUT2D eigenvalue weighted by molar-refractivity contribution is -0.134. The van der Waals surface area contributed by atoms with Gasteiger partial charge in [-0.3, -0.25) is 9.59 Å². The fourth-order valence-electron chi connectivity index (χ4n) is 2.27. The molecule has 0 aromatic carbocycles. The number of nitrogens with one attached hydrogen (secondary N) is 1. The molecule has 0 aromatic rings. The number of rotatable bonds is 8. The van der Waals surface area contributed by atoms with Gasteiger partial charge in [0.2, 0.25) is 11.8 Å². The molecule has 6 heteroatoms. The van der Waals surface area contributed by atoms with Gasteiger partial charge >= 0.3 is 0 Å². The minimum atomic E-state index is -0.387. The molecular weight excluding hydrogens is 270 g/mol. The van der Waals surface area contributed by atoms with Crippen molar-refractivity contribution >= 4 is 11.8 Å². The predicted molar refractivity (Wildman–Crippen MR) is 82.0 cm³/mol. The van der Waals surface area contributed by atoms with Crippen molar-refractivity contribution in [3.8, 4) is 0 Å². The lowest BCUT2D eigenvalue weighted by Gasteiger charge is -2.25. The number of ether oxygens (including phenoxy) is 1.